The van der Waals surface area contributed by atoms with Gasteiger partial charge in [-0.15, -0.1) is 11.3 Å². The van der Waals surface area contributed by atoms with Crippen molar-refractivity contribution in [2.45, 2.75) is 44.1 Å². The van der Waals surface area contributed by atoms with Crippen LogP contribution in [0.25, 0.3) is 0 Å². The van der Waals surface area contributed by atoms with Crippen molar-refractivity contribution in [3.8, 4) is 6.07 Å². The molecule has 0 spiro atoms. The lowest BCUT2D eigenvalue weighted by Gasteiger charge is -2.41. The molecule has 6 heteroatoms. The fourth-order valence-electron chi connectivity index (χ4n) is 3.90. The molecule has 2 aromatic rings. The van der Waals surface area contributed by atoms with E-state index in [9.17, 15) is 10.1 Å². The van der Waals surface area contributed by atoms with Gasteiger partial charge in [0.25, 0.3) is 0 Å². The summed E-state index contributed by atoms with van der Waals surface area (Å²) in [6.07, 6.45) is 2.49. The molecule has 1 aliphatic carbocycles. The zero-order valence-electron chi connectivity index (χ0n) is 15.5. The maximum atomic E-state index is 13.4. The molecule has 5 nitrogen and oxygen atoms in total. The number of aliphatic imine (C=N–C) groups is 1. The van der Waals surface area contributed by atoms with Crippen LogP contribution >= 0.6 is 11.3 Å². The molecule has 27 heavy (non-hydrogen) atoms. The highest BCUT2D eigenvalue weighted by Crippen LogP contribution is 2.47. The van der Waals surface area contributed by atoms with Gasteiger partial charge in [-0.1, -0.05) is 24.3 Å². The third-order valence-corrected chi connectivity index (χ3v) is 6.76. The Bertz CT molecular complexity index is 951. The van der Waals surface area contributed by atoms with E-state index in [0.29, 0.717) is 17.3 Å². The zero-order valence-corrected chi connectivity index (χ0v) is 16.3. The van der Waals surface area contributed by atoms with Gasteiger partial charge in [-0.3, -0.25) is 9.69 Å². The van der Waals surface area contributed by atoms with Gasteiger partial charge in [0.05, 0.1) is 5.92 Å². The number of benzene rings is 1. The minimum absolute atomic E-state index is 0.0430. The van der Waals surface area contributed by atoms with Crippen LogP contribution < -0.4 is 5.73 Å². The Labute approximate surface area is 163 Å². The predicted molar refractivity (Wildman–Crippen MR) is 107 cm³/mol. The minimum atomic E-state index is -0.826. The Hall–Kier alpha value is -2.65. The second-order valence-corrected chi connectivity index (χ2v) is 8.43. The molecule has 1 aromatic heterocycles. The smallest absolute Gasteiger partial charge is 0.239 e. The molecule has 1 aromatic carbocycles. The number of guanidine groups is 1. The van der Waals surface area contributed by atoms with E-state index in [2.05, 4.69) is 30.3 Å². The van der Waals surface area contributed by atoms with Crippen LogP contribution in [0.5, 0.6) is 0 Å². The standard InChI is InChI=1S/C21H22N4OS/c1-3-25-19(26)18(15-8-6-14(7-9-15)13-4-5-13)21(2,24-20(25)23)17-11-10-16(12-22)27-17/h6-11,13,18H,3-5H2,1-2H3,(H2,23,24)/t18-,21+/m0/s1. The predicted octanol–water partition coefficient (Wildman–Crippen LogP) is 3.67. The summed E-state index contributed by atoms with van der Waals surface area (Å²) in [6, 6.07) is 14.2. The topological polar surface area (TPSA) is 82.5 Å². The molecule has 1 aliphatic heterocycles. The van der Waals surface area contributed by atoms with Crippen LogP contribution in [-0.4, -0.2) is 23.3 Å². The van der Waals surface area contributed by atoms with Crippen LogP contribution in [0.2, 0.25) is 0 Å². The molecule has 1 saturated carbocycles. The Balaban J connectivity index is 1.83. The maximum absolute atomic E-state index is 13.4. The first kappa shape index (κ1) is 17.7. The molecule has 0 saturated heterocycles. The molecular formula is C21H22N4OS. The summed E-state index contributed by atoms with van der Waals surface area (Å²) in [5, 5.41) is 9.21. The summed E-state index contributed by atoms with van der Waals surface area (Å²) in [4.78, 5) is 21.2. The number of amides is 1. The van der Waals surface area contributed by atoms with Crippen LogP contribution in [0.15, 0.2) is 41.4 Å². The zero-order chi connectivity index (χ0) is 19.2. The second kappa shape index (κ2) is 6.50. The fraction of sp³-hybridized carbons (Fsp3) is 0.381. The molecule has 2 aliphatic rings. The van der Waals surface area contributed by atoms with Crippen LogP contribution in [-0.2, 0) is 10.3 Å². The van der Waals surface area contributed by atoms with Gasteiger partial charge < -0.3 is 5.73 Å². The largest absolute Gasteiger partial charge is 0.369 e. The van der Waals surface area contributed by atoms with Crippen LogP contribution in [0, 0.1) is 11.3 Å². The molecule has 2 heterocycles. The summed E-state index contributed by atoms with van der Waals surface area (Å²) < 4.78 is 0. The van der Waals surface area contributed by atoms with Gasteiger partial charge in [0.15, 0.2) is 5.96 Å². The van der Waals surface area contributed by atoms with Gasteiger partial charge in [0.1, 0.15) is 16.5 Å². The molecule has 2 atom stereocenters. The van der Waals surface area contributed by atoms with Crippen LogP contribution in [0.1, 0.15) is 59.4 Å². The Morgan fingerprint density at radius 2 is 1.93 bits per heavy atom. The van der Waals surface area contributed by atoms with Gasteiger partial charge in [0.2, 0.25) is 5.91 Å². The maximum Gasteiger partial charge on any atom is 0.239 e. The van der Waals surface area contributed by atoms with Crippen molar-refractivity contribution >= 4 is 23.2 Å². The highest BCUT2D eigenvalue weighted by atomic mass is 32.1. The SMILES string of the molecule is CCN1C(=O)[C@H](c2ccc(C3CC3)cc2)[C@@](C)(c2ccc(C#N)s2)N=C1N. The first-order valence-electron chi connectivity index (χ1n) is 9.25. The first-order chi connectivity index (χ1) is 13.0. The Kier molecular flexibility index (Phi) is 4.27. The highest BCUT2D eigenvalue weighted by molar-refractivity contribution is 7.12. The van der Waals surface area contributed by atoms with Gasteiger partial charge in [-0.25, -0.2) is 4.99 Å². The van der Waals surface area contributed by atoms with Gasteiger partial charge in [0, 0.05) is 11.4 Å². The number of carbonyl (C=O) groups excluding carboxylic acids is 1. The van der Waals surface area contributed by atoms with Crippen molar-refractivity contribution in [1.29, 1.82) is 5.26 Å². The van der Waals surface area contributed by atoms with E-state index >= 15 is 0 Å². The lowest BCUT2D eigenvalue weighted by Crippen LogP contribution is -2.53. The van der Waals surface area contributed by atoms with E-state index in [1.165, 1.54) is 29.7 Å². The number of rotatable bonds is 4. The van der Waals surface area contributed by atoms with E-state index in [1.807, 2.05) is 19.9 Å². The lowest BCUT2D eigenvalue weighted by atomic mass is 9.77. The monoisotopic (exact) mass is 378 g/mol. The van der Waals surface area contributed by atoms with Crippen molar-refractivity contribution < 1.29 is 4.79 Å². The van der Waals surface area contributed by atoms with Gasteiger partial charge in [-0.2, -0.15) is 5.26 Å². The third kappa shape index (κ3) is 2.92. The van der Waals surface area contributed by atoms with Gasteiger partial charge >= 0.3 is 0 Å². The highest BCUT2D eigenvalue weighted by Gasteiger charge is 2.48. The molecule has 0 unspecified atom stereocenters. The summed E-state index contributed by atoms with van der Waals surface area (Å²) in [5.74, 6) is 0.397. The third-order valence-electron chi connectivity index (χ3n) is 5.55. The molecule has 2 N–H and O–H groups in total. The van der Waals surface area contributed by atoms with Crippen LogP contribution in [0.4, 0.5) is 0 Å². The molecule has 138 valence electrons. The average molecular weight is 379 g/mol. The summed E-state index contributed by atoms with van der Waals surface area (Å²) in [5.41, 5.74) is 7.59. The first-order valence-corrected chi connectivity index (χ1v) is 10.1. The molecule has 4 rings (SSSR count). The summed E-state index contributed by atoms with van der Waals surface area (Å²) in [7, 11) is 0. The van der Waals surface area contributed by atoms with E-state index in [-0.39, 0.29) is 11.9 Å². The number of nitrogens with zero attached hydrogens (tertiary/aromatic N) is 3. The second-order valence-electron chi connectivity index (χ2n) is 7.35. The lowest BCUT2D eigenvalue weighted by molar-refractivity contribution is -0.131. The van der Waals surface area contributed by atoms with Crippen molar-refractivity contribution in [3.05, 3.63) is 57.3 Å². The summed E-state index contributed by atoms with van der Waals surface area (Å²) in [6.45, 7) is 4.32. The van der Waals surface area contributed by atoms with E-state index < -0.39 is 11.5 Å². The number of hydrogen-bond acceptors (Lipinski definition) is 5. The molecule has 0 radical (unpaired) electrons. The molecule has 1 fully saturated rings. The number of nitrogens with two attached hydrogens (primary N) is 1. The number of hydrogen-bond donors (Lipinski definition) is 1. The number of carbonyl (C=O) groups is 1. The van der Waals surface area contributed by atoms with Crippen molar-refractivity contribution in [1.82, 2.24) is 4.90 Å². The van der Waals surface area contributed by atoms with E-state index in [4.69, 9.17) is 10.7 Å². The molecular weight excluding hydrogens is 356 g/mol. The Morgan fingerprint density at radius 3 is 2.48 bits per heavy atom. The normalized spacial score (nSPS) is 25.2. The van der Waals surface area contributed by atoms with Gasteiger partial charge in [-0.05, 0) is 55.9 Å². The molecule has 1 amide bonds. The number of likely N-dealkylation sites (N-methyl/N-ethyl adjacent to an activating group) is 1. The number of nitriles is 1. The quantitative estimate of drug-likeness (QED) is 0.881. The van der Waals surface area contributed by atoms with Crippen LogP contribution in [0.3, 0.4) is 0 Å². The average Bonchev–Trinajstić information content (AvgIpc) is 3.38. The van der Waals surface area contributed by atoms with E-state index in [0.717, 1.165) is 10.4 Å². The summed E-state index contributed by atoms with van der Waals surface area (Å²) >= 11 is 1.37. The van der Waals surface area contributed by atoms with E-state index in [1.54, 1.807) is 11.0 Å². The van der Waals surface area contributed by atoms with Crippen molar-refractivity contribution in [2.24, 2.45) is 10.7 Å². The number of thiophene rings is 1. The van der Waals surface area contributed by atoms with Crippen molar-refractivity contribution in [3.63, 3.8) is 0 Å². The van der Waals surface area contributed by atoms with Crippen molar-refractivity contribution in [2.75, 3.05) is 6.54 Å². The fourth-order valence-corrected chi connectivity index (χ4v) is 4.83. The minimum Gasteiger partial charge on any atom is -0.369 e. The Morgan fingerprint density at radius 1 is 1.26 bits per heavy atom. The molecule has 0 bridgehead atoms.